The van der Waals surface area contributed by atoms with E-state index in [1.54, 1.807) is 0 Å². The Hall–Kier alpha value is -1.77. The second kappa shape index (κ2) is 4.00. The highest BCUT2D eigenvalue weighted by atomic mass is 15.3. The standard InChI is InChI=1S/C13H15N3/c1-2-6-12(7-3-1)16-11-13(10-14-16)15-8-4-5-9-15/h1-3,6-7,10-11H,4-5,8-9H2. The first-order valence-corrected chi connectivity index (χ1v) is 5.78. The highest BCUT2D eigenvalue weighted by Gasteiger charge is 2.13. The Kier molecular flexibility index (Phi) is 2.37. The molecular formula is C13H15N3. The topological polar surface area (TPSA) is 21.1 Å². The minimum absolute atomic E-state index is 1.12. The maximum Gasteiger partial charge on any atom is 0.0757 e. The monoisotopic (exact) mass is 213 g/mol. The zero-order chi connectivity index (χ0) is 10.8. The first-order valence-electron chi connectivity index (χ1n) is 5.78. The predicted molar refractivity (Wildman–Crippen MR) is 65.0 cm³/mol. The summed E-state index contributed by atoms with van der Waals surface area (Å²) in [5, 5.41) is 4.41. The maximum atomic E-state index is 4.41. The Morgan fingerprint density at radius 3 is 2.44 bits per heavy atom. The van der Waals surface area contributed by atoms with E-state index in [9.17, 15) is 0 Å². The van der Waals surface area contributed by atoms with Crippen LogP contribution < -0.4 is 4.90 Å². The molecule has 3 heteroatoms. The van der Waals surface area contributed by atoms with Gasteiger partial charge in [0, 0.05) is 13.1 Å². The van der Waals surface area contributed by atoms with Gasteiger partial charge in [-0.3, -0.25) is 0 Å². The largest absolute Gasteiger partial charge is 0.369 e. The Labute approximate surface area is 95.3 Å². The van der Waals surface area contributed by atoms with Gasteiger partial charge >= 0.3 is 0 Å². The van der Waals surface area contributed by atoms with Crippen LogP contribution in [0.5, 0.6) is 0 Å². The molecule has 0 aliphatic carbocycles. The molecule has 0 saturated carbocycles. The van der Waals surface area contributed by atoms with Crippen molar-refractivity contribution < 1.29 is 0 Å². The summed E-state index contributed by atoms with van der Waals surface area (Å²) in [6.45, 7) is 2.33. The third kappa shape index (κ3) is 1.69. The molecule has 0 N–H and O–H groups in total. The molecule has 2 aromatic rings. The molecule has 1 aliphatic heterocycles. The van der Waals surface area contributed by atoms with Crippen molar-refractivity contribution in [1.29, 1.82) is 0 Å². The normalized spacial score (nSPS) is 15.6. The van der Waals surface area contributed by atoms with Gasteiger partial charge in [0.1, 0.15) is 0 Å². The lowest BCUT2D eigenvalue weighted by Crippen LogP contribution is -2.16. The van der Waals surface area contributed by atoms with Gasteiger partial charge in [-0.1, -0.05) is 18.2 Å². The first kappa shape index (κ1) is 9.46. The van der Waals surface area contributed by atoms with Gasteiger partial charge in [0.2, 0.25) is 0 Å². The third-order valence-corrected chi connectivity index (χ3v) is 3.06. The van der Waals surface area contributed by atoms with E-state index in [-0.39, 0.29) is 0 Å². The maximum absolute atomic E-state index is 4.41. The molecule has 16 heavy (non-hydrogen) atoms. The Bertz CT molecular complexity index is 455. The van der Waals surface area contributed by atoms with E-state index in [0.717, 1.165) is 5.69 Å². The number of nitrogens with zero attached hydrogens (tertiary/aromatic N) is 3. The second-order valence-corrected chi connectivity index (χ2v) is 4.17. The van der Waals surface area contributed by atoms with Crippen molar-refractivity contribution >= 4 is 5.69 Å². The molecule has 0 spiro atoms. The lowest BCUT2D eigenvalue weighted by Gasteiger charge is -2.13. The number of hydrogen-bond acceptors (Lipinski definition) is 2. The molecule has 0 unspecified atom stereocenters. The molecule has 1 aliphatic rings. The Balaban J connectivity index is 1.87. The quantitative estimate of drug-likeness (QED) is 0.764. The van der Waals surface area contributed by atoms with Gasteiger partial charge in [0.25, 0.3) is 0 Å². The molecule has 82 valence electrons. The summed E-state index contributed by atoms with van der Waals surface area (Å²) < 4.78 is 1.94. The van der Waals surface area contributed by atoms with Crippen LogP contribution in [0.3, 0.4) is 0 Å². The minimum Gasteiger partial charge on any atom is -0.369 e. The molecule has 0 atom stereocenters. The van der Waals surface area contributed by atoms with E-state index in [4.69, 9.17) is 0 Å². The van der Waals surface area contributed by atoms with Crippen molar-refractivity contribution in [2.75, 3.05) is 18.0 Å². The Morgan fingerprint density at radius 1 is 0.938 bits per heavy atom. The lowest BCUT2D eigenvalue weighted by molar-refractivity contribution is 0.879. The van der Waals surface area contributed by atoms with Crippen LogP contribution >= 0.6 is 0 Å². The van der Waals surface area contributed by atoms with Crippen molar-refractivity contribution in [3.8, 4) is 5.69 Å². The molecule has 3 rings (SSSR count). The van der Waals surface area contributed by atoms with Gasteiger partial charge < -0.3 is 4.90 Å². The summed E-state index contributed by atoms with van der Waals surface area (Å²) in [5.41, 5.74) is 2.36. The summed E-state index contributed by atoms with van der Waals surface area (Å²) >= 11 is 0. The van der Waals surface area contributed by atoms with Gasteiger partial charge in [-0.15, -0.1) is 0 Å². The number of anilines is 1. The van der Waals surface area contributed by atoms with Crippen LogP contribution in [-0.2, 0) is 0 Å². The number of para-hydroxylation sites is 1. The SMILES string of the molecule is c1ccc(-n2cc(N3CCCC3)cn2)cc1. The van der Waals surface area contributed by atoms with Gasteiger partial charge in [0.15, 0.2) is 0 Å². The van der Waals surface area contributed by atoms with E-state index in [1.807, 2.05) is 29.1 Å². The molecule has 0 amide bonds. The van der Waals surface area contributed by atoms with Crippen molar-refractivity contribution in [2.45, 2.75) is 12.8 Å². The molecule has 1 fully saturated rings. The van der Waals surface area contributed by atoms with E-state index in [0.29, 0.717) is 0 Å². The molecule has 0 bridgehead atoms. The molecule has 2 heterocycles. The Morgan fingerprint density at radius 2 is 1.69 bits per heavy atom. The summed E-state index contributed by atoms with van der Waals surface area (Å²) in [6.07, 6.45) is 6.67. The molecule has 1 aromatic carbocycles. The third-order valence-electron chi connectivity index (χ3n) is 3.06. The van der Waals surface area contributed by atoms with Crippen LogP contribution in [0.15, 0.2) is 42.7 Å². The summed E-state index contributed by atoms with van der Waals surface area (Å²) in [4.78, 5) is 2.40. The fourth-order valence-corrected chi connectivity index (χ4v) is 2.17. The van der Waals surface area contributed by atoms with Crippen LogP contribution in [0, 0.1) is 0 Å². The number of hydrogen-bond donors (Lipinski definition) is 0. The zero-order valence-electron chi connectivity index (χ0n) is 9.21. The van der Waals surface area contributed by atoms with Crippen LogP contribution in [0.1, 0.15) is 12.8 Å². The zero-order valence-corrected chi connectivity index (χ0v) is 9.21. The fraction of sp³-hybridized carbons (Fsp3) is 0.308. The van der Waals surface area contributed by atoms with E-state index >= 15 is 0 Å². The summed E-state index contributed by atoms with van der Waals surface area (Å²) in [5.74, 6) is 0. The summed E-state index contributed by atoms with van der Waals surface area (Å²) in [7, 11) is 0. The van der Waals surface area contributed by atoms with E-state index in [2.05, 4.69) is 28.3 Å². The average Bonchev–Trinajstić information content (AvgIpc) is 3.01. The molecule has 3 nitrogen and oxygen atoms in total. The predicted octanol–water partition coefficient (Wildman–Crippen LogP) is 2.47. The molecular weight excluding hydrogens is 198 g/mol. The van der Waals surface area contributed by atoms with Crippen LogP contribution in [0.4, 0.5) is 5.69 Å². The summed E-state index contributed by atoms with van der Waals surface area (Å²) in [6, 6.07) is 10.2. The molecule has 1 saturated heterocycles. The van der Waals surface area contributed by atoms with Gasteiger partial charge in [-0.2, -0.15) is 5.10 Å². The number of benzene rings is 1. The van der Waals surface area contributed by atoms with E-state index < -0.39 is 0 Å². The highest BCUT2D eigenvalue weighted by Crippen LogP contribution is 2.20. The van der Waals surface area contributed by atoms with Gasteiger partial charge in [-0.25, -0.2) is 4.68 Å². The second-order valence-electron chi connectivity index (χ2n) is 4.17. The van der Waals surface area contributed by atoms with Crippen LogP contribution in [0.2, 0.25) is 0 Å². The fourth-order valence-electron chi connectivity index (χ4n) is 2.17. The van der Waals surface area contributed by atoms with Crippen molar-refractivity contribution in [2.24, 2.45) is 0 Å². The van der Waals surface area contributed by atoms with Crippen molar-refractivity contribution in [1.82, 2.24) is 9.78 Å². The molecule has 1 aromatic heterocycles. The van der Waals surface area contributed by atoms with Crippen molar-refractivity contribution in [3.63, 3.8) is 0 Å². The molecule has 0 radical (unpaired) electrons. The van der Waals surface area contributed by atoms with Crippen LogP contribution in [0.25, 0.3) is 5.69 Å². The minimum atomic E-state index is 1.12. The van der Waals surface area contributed by atoms with Crippen molar-refractivity contribution in [3.05, 3.63) is 42.7 Å². The van der Waals surface area contributed by atoms with Gasteiger partial charge in [0.05, 0.1) is 23.8 Å². The highest BCUT2D eigenvalue weighted by molar-refractivity contribution is 5.45. The smallest absolute Gasteiger partial charge is 0.0757 e. The van der Waals surface area contributed by atoms with Gasteiger partial charge in [-0.05, 0) is 25.0 Å². The average molecular weight is 213 g/mol. The van der Waals surface area contributed by atoms with Crippen LogP contribution in [-0.4, -0.2) is 22.9 Å². The number of rotatable bonds is 2. The van der Waals surface area contributed by atoms with E-state index in [1.165, 1.54) is 31.6 Å². The lowest BCUT2D eigenvalue weighted by atomic mass is 10.3. The number of aromatic nitrogens is 2. The first-order chi connectivity index (χ1) is 7.93.